The van der Waals surface area contributed by atoms with Gasteiger partial charge in [0.1, 0.15) is 17.1 Å². The molecule has 1 amide bonds. The molecule has 0 unspecified atom stereocenters. The predicted octanol–water partition coefficient (Wildman–Crippen LogP) is 3.78. The molecular weight excluding hydrogens is 283 g/mol. The van der Waals surface area contributed by atoms with Gasteiger partial charge in [0, 0.05) is 30.4 Å². The second-order valence-corrected chi connectivity index (χ2v) is 6.29. The standard InChI is InChI=1S/C17H23FN2O2/c1-11(10-17(2,3)18)20(4)16(21)14-9-12-13(19-14)7-6-8-15(12)22-5/h6-9,11,19H,10H2,1-5H3/t11-/m1/s1. The van der Waals surface area contributed by atoms with Crippen molar-refractivity contribution in [2.24, 2.45) is 0 Å². The monoisotopic (exact) mass is 306 g/mol. The van der Waals surface area contributed by atoms with Crippen LogP contribution in [-0.2, 0) is 0 Å². The van der Waals surface area contributed by atoms with Gasteiger partial charge < -0.3 is 14.6 Å². The third-order valence-corrected chi connectivity index (χ3v) is 3.84. The minimum atomic E-state index is -1.31. The summed E-state index contributed by atoms with van der Waals surface area (Å²) in [5, 5.41) is 0.861. The summed E-state index contributed by atoms with van der Waals surface area (Å²) in [5.74, 6) is 0.559. The van der Waals surface area contributed by atoms with Crippen molar-refractivity contribution < 1.29 is 13.9 Å². The lowest BCUT2D eigenvalue weighted by Gasteiger charge is -2.28. The van der Waals surface area contributed by atoms with Gasteiger partial charge in [0.15, 0.2) is 0 Å². The lowest BCUT2D eigenvalue weighted by Crippen LogP contribution is -2.38. The molecule has 5 heteroatoms. The number of nitrogens with zero attached hydrogens (tertiary/aromatic N) is 1. The van der Waals surface area contributed by atoms with Crippen LogP contribution in [0.1, 0.15) is 37.7 Å². The highest BCUT2D eigenvalue weighted by atomic mass is 19.1. The van der Waals surface area contributed by atoms with Crippen LogP contribution in [0.15, 0.2) is 24.3 Å². The van der Waals surface area contributed by atoms with Gasteiger partial charge in [0.05, 0.1) is 7.11 Å². The molecule has 2 aromatic rings. The Labute approximate surface area is 130 Å². The van der Waals surface area contributed by atoms with Crippen LogP contribution in [0, 0.1) is 0 Å². The number of fused-ring (bicyclic) bond motifs is 1. The molecule has 1 heterocycles. The average molecular weight is 306 g/mol. The van der Waals surface area contributed by atoms with Crippen molar-refractivity contribution in [2.45, 2.75) is 38.9 Å². The van der Waals surface area contributed by atoms with Crippen molar-refractivity contribution in [1.29, 1.82) is 0 Å². The van der Waals surface area contributed by atoms with Crippen molar-refractivity contribution in [2.75, 3.05) is 14.2 Å². The van der Waals surface area contributed by atoms with Crippen LogP contribution in [-0.4, -0.2) is 41.7 Å². The highest BCUT2D eigenvalue weighted by Gasteiger charge is 2.26. The van der Waals surface area contributed by atoms with E-state index in [0.717, 1.165) is 10.9 Å². The van der Waals surface area contributed by atoms with E-state index in [-0.39, 0.29) is 11.9 Å². The topological polar surface area (TPSA) is 45.3 Å². The second kappa shape index (κ2) is 5.99. The van der Waals surface area contributed by atoms with Crippen LogP contribution in [0.25, 0.3) is 10.9 Å². The zero-order chi connectivity index (χ0) is 16.5. The van der Waals surface area contributed by atoms with E-state index in [0.29, 0.717) is 17.9 Å². The van der Waals surface area contributed by atoms with E-state index in [1.165, 1.54) is 13.8 Å². The number of hydrogen-bond donors (Lipinski definition) is 1. The number of nitrogens with one attached hydrogen (secondary N) is 1. The van der Waals surface area contributed by atoms with Crippen molar-refractivity contribution >= 4 is 16.8 Å². The first-order chi connectivity index (χ1) is 10.2. The Morgan fingerprint density at radius 1 is 1.45 bits per heavy atom. The molecule has 0 aliphatic heterocycles. The highest BCUT2D eigenvalue weighted by molar-refractivity contribution is 5.99. The quantitative estimate of drug-likeness (QED) is 0.914. The Morgan fingerprint density at radius 2 is 2.14 bits per heavy atom. The molecule has 1 aromatic carbocycles. The summed E-state index contributed by atoms with van der Waals surface area (Å²) >= 11 is 0. The molecule has 0 fully saturated rings. The number of rotatable bonds is 5. The van der Waals surface area contributed by atoms with Gasteiger partial charge in [-0.25, -0.2) is 4.39 Å². The van der Waals surface area contributed by atoms with E-state index in [9.17, 15) is 9.18 Å². The molecule has 0 saturated heterocycles. The Kier molecular flexibility index (Phi) is 4.44. The smallest absolute Gasteiger partial charge is 0.270 e. The van der Waals surface area contributed by atoms with E-state index < -0.39 is 5.67 Å². The maximum Gasteiger partial charge on any atom is 0.270 e. The molecule has 22 heavy (non-hydrogen) atoms. The van der Waals surface area contributed by atoms with E-state index in [2.05, 4.69) is 4.98 Å². The molecule has 0 spiro atoms. The summed E-state index contributed by atoms with van der Waals surface area (Å²) in [7, 11) is 3.29. The minimum absolute atomic E-state index is 0.157. The number of carbonyl (C=O) groups is 1. The zero-order valence-corrected chi connectivity index (χ0v) is 13.7. The lowest BCUT2D eigenvalue weighted by molar-refractivity contribution is 0.0672. The molecular formula is C17H23FN2O2. The Morgan fingerprint density at radius 3 is 2.73 bits per heavy atom. The summed E-state index contributed by atoms with van der Waals surface area (Å²) in [6, 6.07) is 7.19. The summed E-state index contributed by atoms with van der Waals surface area (Å²) in [6.07, 6.45) is 0.290. The largest absolute Gasteiger partial charge is 0.496 e. The summed E-state index contributed by atoms with van der Waals surface area (Å²) < 4.78 is 19.1. The summed E-state index contributed by atoms with van der Waals surface area (Å²) in [6.45, 7) is 4.90. The van der Waals surface area contributed by atoms with Gasteiger partial charge in [-0.05, 0) is 39.0 Å². The van der Waals surface area contributed by atoms with Gasteiger partial charge in [-0.3, -0.25) is 4.79 Å². The van der Waals surface area contributed by atoms with Gasteiger partial charge in [-0.2, -0.15) is 0 Å². The number of carbonyl (C=O) groups excluding carboxylic acids is 1. The number of halogens is 1. The molecule has 0 aliphatic carbocycles. The van der Waals surface area contributed by atoms with Crippen LogP contribution in [0.2, 0.25) is 0 Å². The molecule has 0 radical (unpaired) electrons. The molecule has 1 atom stereocenters. The van der Waals surface area contributed by atoms with Crippen molar-refractivity contribution in [3.8, 4) is 5.75 Å². The predicted molar refractivity (Wildman–Crippen MR) is 86.2 cm³/mol. The number of hydrogen-bond acceptors (Lipinski definition) is 2. The zero-order valence-electron chi connectivity index (χ0n) is 13.7. The molecule has 120 valence electrons. The number of amides is 1. The molecule has 4 nitrogen and oxygen atoms in total. The van der Waals surface area contributed by atoms with Crippen molar-refractivity contribution in [1.82, 2.24) is 9.88 Å². The highest BCUT2D eigenvalue weighted by Crippen LogP contribution is 2.27. The number of alkyl halides is 1. The SMILES string of the molecule is COc1cccc2[nH]c(C(=O)N(C)[C@H](C)CC(C)(C)F)cc12. The maximum absolute atomic E-state index is 13.8. The van der Waals surface area contributed by atoms with Crippen molar-refractivity contribution in [3.63, 3.8) is 0 Å². The molecule has 0 aliphatic rings. The molecule has 0 saturated carbocycles. The number of aromatic nitrogens is 1. The third-order valence-electron chi connectivity index (χ3n) is 3.84. The first-order valence-electron chi connectivity index (χ1n) is 7.35. The van der Waals surface area contributed by atoms with E-state index >= 15 is 0 Å². The van der Waals surface area contributed by atoms with E-state index in [1.54, 1.807) is 25.1 Å². The van der Waals surface area contributed by atoms with Gasteiger partial charge in [-0.15, -0.1) is 0 Å². The summed E-state index contributed by atoms with van der Waals surface area (Å²) in [5.41, 5.74) is 0.0116. The lowest BCUT2D eigenvalue weighted by atomic mass is 10.0. The Bertz CT molecular complexity index is 673. The van der Waals surface area contributed by atoms with Gasteiger partial charge in [0.2, 0.25) is 0 Å². The Hall–Kier alpha value is -2.04. The van der Waals surface area contributed by atoms with Crippen LogP contribution >= 0.6 is 0 Å². The van der Waals surface area contributed by atoms with Crippen LogP contribution in [0.4, 0.5) is 4.39 Å². The van der Waals surface area contributed by atoms with Gasteiger partial charge in [-0.1, -0.05) is 6.07 Å². The fraction of sp³-hybridized carbons (Fsp3) is 0.471. The fourth-order valence-corrected chi connectivity index (χ4v) is 2.65. The second-order valence-electron chi connectivity index (χ2n) is 6.29. The normalized spacial score (nSPS) is 13.2. The molecule has 1 aromatic heterocycles. The number of aromatic amines is 1. The number of H-pyrrole nitrogens is 1. The number of methoxy groups -OCH3 is 1. The van der Waals surface area contributed by atoms with Crippen LogP contribution < -0.4 is 4.74 Å². The first kappa shape index (κ1) is 16.3. The number of ether oxygens (including phenoxy) is 1. The van der Waals surface area contributed by atoms with E-state index in [1.807, 2.05) is 25.1 Å². The van der Waals surface area contributed by atoms with Gasteiger partial charge in [0.25, 0.3) is 5.91 Å². The third kappa shape index (κ3) is 3.40. The first-order valence-corrected chi connectivity index (χ1v) is 7.35. The minimum Gasteiger partial charge on any atom is -0.496 e. The average Bonchev–Trinajstić information content (AvgIpc) is 2.87. The Balaban J connectivity index is 2.26. The fourth-order valence-electron chi connectivity index (χ4n) is 2.65. The summed E-state index contributed by atoms with van der Waals surface area (Å²) in [4.78, 5) is 17.2. The molecule has 1 N–H and O–H groups in total. The maximum atomic E-state index is 13.8. The molecule has 0 bridgehead atoms. The van der Waals surface area contributed by atoms with Crippen LogP contribution in [0.5, 0.6) is 5.75 Å². The van der Waals surface area contributed by atoms with E-state index in [4.69, 9.17) is 4.74 Å². The van der Waals surface area contributed by atoms with Crippen LogP contribution in [0.3, 0.4) is 0 Å². The number of benzene rings is 1. The molecule has 2 rings (SSSR count). The van der Waals surface area contributed by atoms with Crippen molar-refractivity contribution in [3.05, 3.63) is 30.0 Å². The van der Waals surface area contributed by atoms with Gasteiger partial charge >= 0.3 is 0 Å².